The summed E-state index contributed by atoms with van der Waals surface area (Å²) in [6.07, 6.45) is 0.403. The van der Waals surface area contributed by atoms with Crippen LogP contribution in [-0.2, 0) is 11.2 Å². The van der Waals surface area contributed by atoms with Crippen LogP contribution in [0.2, 0.25) is 0 Å². The van der Waals surface area contributed by atoms with E-state index >= 15 is 0 Å². The number of piperazine rings is 1. The topological polar surface area (TPSA) is 49.9 Å². The maximum atomic E-state index is 12.5. The zero-order valence-corrected chi connectivity index (χ0v) is 15.8. The third-order valence-corrected chi connectivity index (χ3v) is 5.39. The number of carbonyl (C=O) groups excluding carboxylic acids is 2. The number of benzene rings is 1. The summed E-state index contributed by atoms with van der Waals surface area (Å²) in [5.74, 6) is 1.13. The predicted octanol–water partition coefficient (Wildman–Crippen LogP) is 2.72. The van der Waals surface area contributed by atoms with E-state index in [1.165, 1.54) is 11.3 Å². The molecule has 0 unspecified atom stereocenters. The Kier molecular flexibility index (Phi) is 6.41. The van der Waals surface area contributed by atoms with Gasteiger partial charge in [0.05, 0.1) is 24.4 Å². The van der Waals surface area contributed by atoms with Crippen molar-refractivity contribution in [1.82, 2.24) is 9.80 Å². The zero-order valence-electron chi connectivity index (χ0n) is 15.0. The van der Waals surface area contributed by atoms with Crippen LogP contribution in [0.5, 0.6) is 5.75 Å². The van der Waals surface area contributed by atoms with Crippen LogP contribution in [0.25, 0.3) is 0 Å². The maximum absolute atomic E-state index is 12.5. The van der Waals surface area contributed by atoms with Crippen LogP contribution in [0.1, 0.15) is 22.2 Å². The molecule has 0 atom stereocenters. The number of amides is 1. The number of carbonyl (C=O) groups is 2. The highest BCUT2D eigenvalue weighted by molar-refractivity contribution is 7.12. The van der Waals surface area contributed by atoms with Crippen LogP contribution in [0.3, 0.4) is 0 Å². The van der Waals surface area contributed by atoms with Gasteiger partial charge in [-0.1, -0.05) is 18.2 Å². The molecule has 138 valence electrons. The quantitative estimate of drug-likeness (QED) is 0.701. The van der Waals surface area contributed by atoms with Crippen LogP contribution in [0.15, 0.2) is 41.8 Å². The number of rotatable bonds is 7. The molecule has 26 heavy (non-hydrogen) atoms. The molecule has 0 spiro atoms. The molecular weight excluding hydrogens is 348 g/mol. The first-order valence-corrected chi connectivity index (χ1v) is 9.82. The van der Waals surface area contributed by atoms with Gasteiger partial charge in [-0.15, -0.1) is 11.3 Å². The van der Waals surface area contributed by atoms with Crippen molar-refractivity contribution < 1.29 is 14.3 Å². The summed E-state index contributed by atoms with van der Waals surface area (Å²) >= 11 is 1.48. The second-order valence-corrected chi connectivity index (χ2v) is 7.26. The standard InChI is InChI=1S/C20H24N2O3S/c1-2-25-17-7-5-16(6-8-17)14-20(24)22-11-9-21(10-12-22)15-18(23)19-4-3-13-26-19/h3-8,13H,2,9-12,14-15H2,1H3. The molecule has 2 heterocycles. The Labute approximate surface area is 158 Å². The molecule has 1 saturated heterocycles. The van der Waals surface area contributed by atoms with E-state index in [1.54, 1.807) is 0 Å². The fourth-order valence-corrected chi connectivity index (χ4v) is 3.69. The van der Waals surface area contributed by atoms with Gasteiger partial charge < -0.3 is 9.64 Å². The average molecular weight is 372 g/mol. The maximum Gasteiger partial charge on any atom is 0.227 e. The lowest BCUT2D eigenvalue weighted by molar-refractivity contribution is -0.132. The highest BCUT2D eigenvalue weighted by Gasteiger charge is 2.23. The summed E-state index contributed by atoms with van der Waals surface area (Å²) in [6.45, 7) is 5.85. The molecule has 1 aromatic carbocycles. The Morgan fingerprint density at radius 3 is 2.42 bits per heavy atom. The molecule has 1 fully saturated rings. The molecule has 3 rings (SSSR count). The molecule has 1 aromatic heterocycles. The van der Waals surface area contributed by atoms with Crippen LogP contribution in [0.4, 0.5) is 0 Å². The van der Waals surface area contributed by atoms with Crippen molar-refractivity contribution >= 4 is 23.0 Å². The zero-order chi connectivity index (χ0) is 18.4. The minimum Gasteiger partial charge on any atom is -0.494 e. The first-order valence-electron chi connectivity index (χ1n) is 8.94. The van der Waals surface area contributed by atoms with E-state index in [2.05, 4.69) is 4.90 Å². The second kappa shape index (κ2) is 8.96. The van der Waals surface area contributed by atoms with Crippen molar-refractivity contribution in [3.63, 3.8) is 0 Å². The monoisotopic (exact) mass is 372 g/mol. The van der Waals surface area contributed by atoms with Gasteiger partial charge >= 0.3 is 0 Å². The number of ether oxygens (including phenoxy) is 1. The molecule has 2 aromatic rings. The lowest BCUT2D eigenvalue weighted by Crippen LogP contribution is -2.50. The van der Waals surface area contributed by atoms with Crippen molar-refractivity contribution in [2.24, 2.45) is 0 Å². The number of hydrogen-bond acceptors (Lipinski definition) is 5. The molecule has 6 heteroatoms. The Morgan fingerprint density at radius 2 is 1.81 bits per heavy atom. The Hall–Kier alpha value is -2.18. The Bertz CT molecular complexity index is 720. The van der Waals surface area contributed by atoms with E-state index in [4.69, 9.17) is 4.74 Å². The molecule has 0 bridgehead atoms. The van der Waals surface area contributed by atoms with Gasteiger partial charge in [0.15, 0.2) is 5.78 Å². The van der Waals surface area contributed by atoms with Gasteiger partial charge in [-0.3, -0.25) is 14.5 Å². The molecular formula is C20H24N2O3S. The molecule has 0 radical (unpaired) electrons. The van der Waals surface area contributed by atoms with Crippen LogP contribution in [0, 0.1) is 0 Å². The second-order valence-electron chi connectivity index (χ2n) is 6.31. The number of thiophene rings is 1. The predicted molar refractivity (Wildman–Crippen MR) is 103 cm³/mol. The first-order chi connectivity index (χ1) is 12.7. The molecule has 0 N–H and O–H groups in total. The highest BCUT2D eigenvalue weighted by Crippen LogP contribution is 2.14. The van der Waals surface area contributed by atoms with Crippen LogP contribution >= 0.6 is 11.3 Å². The minimum absolute atomic E-state index is 0.137. The van der Waals surface area contributed by atoms with Crippen molar-refractivity contribution in [2.45, 2.75) is 13.3 Å². The van der Waals surface area contributed by atoms with Crippen molar-refractivity contribution in [3.8, 4) is 5.75 Å². The van der Waals surface area contributed by atoms with Crippen molar-refractivity contribution in [1.29, 1.82) is 0 Å². The SMILES string of the molecule is CCOc1ccc(CC(=O)N2CCN(CC(=O)c3cccs3)CC2)cc1. The van der Waals surface area contributed by atoms with Crippen molar-refractivity contribution in [3.05, 3.63) is 52.2 Å². The number of Topliss-reactive ketones (excluding diaryl/α,β-unsaturated/α-hetero) is 1. The van der Waals surface area contributed by atoms with Gasteiger partial charge in [0, 0.05) is 26.2 Å². The van der Waals surface area contributed by atoms with Crippen molar-refractivity contribution in [2.75, 3.05) is 39.3 Å². The van der Waals surface area contributed by atoms with E-state index in [9.17, 15) is 9.59 Å². The smallest absolute Gasteiger partial charge is 0.227 e. The third kappa shape index (κ3) is 4.93. The third-order valence-electron chi connectivity index (χ3n) is 4.48. The molecule has 0 saturated carbocycles. The summed E-state index contributed by atoms with van der Waals surface area (Å²) in [5.41, 5.74) is 0.994. The van der Waals surface area contributed by atoms with E-state index in [-0.39, 0.29) is 11.7 Å². The Balaban J connectivity index is 1.45. The van der Waals surface area contributed by atoms with Gasteiger partial charge in [-0.05, 0) is 36.1 Å². The lowest BCUT2D eigenvalue weighted by Gasteiger charge is -2.34. The first kappa shape index (κ1) is 18.6. The van der Waals surface area contributed by atoms with E-state index in [0.29, 0.717) is 32.7 Å². The van der Waals surface area contributed by atoms with E-state index < -0.39 is 0 Å². The fraction of sp³-hybridized carbons (Fsp3) is 0.400. The molecule has 1 amide bonds. The van der Waals surface area contributed by atoms with Gasteiger partial charge in [0.25, 0.3) is 0 Å². The summed E-state index contributed by atoms with van der Waals surface area (Å²) in [4.78, 5) is 29.5. The molecule has 1 aliphatic rings. The number of nitrogens with zero attached hydrogens (tertiary/aromatic N) is 2. The lowest BCUT2D eigenvalue weighted by atomic mass is 10.1. The number of hydrogen-bond donors (Lipinski definition) is 0. The molecule has 0 aliphatic carbocycles. The number of ketones is 1. The average Bonchev–Trinajstić information content (AvgIpc) is 3.19. The van der Waals surface area contributed by atoms with Gasteiger partial charge in [-0.2, -0.15) is 0 Å². The fourth-order valence-electron chi connectivity index (χ4n) is 3.03. The van der Waals surface area contributed by atoms with Gasteiger partial charge in [0.1, 0.15) is 5.75 Å². The van der Waals surface area contributed by atoms with Gasteiger partial charge in [0.2, 0.25) is 5.91 Å². The van der Waals surface area contributed by atoms with Gasteiger partial charge in [-0.25, -0.2) is 0 Å². The Morgan fingerprint density at radius 1 is 1.08 bits per heavy atom. The summed E-state index contributed by atoms with van der Waals surface area (Å²) in [5, 5.41) is 1.92. The normalized spacial score (nSPS) is 15.0. The highest BCUT2D eigenvalue weighted by atomic mass is 32.1. The van der Waals surface area contributed by atoms with Crippen LogP contribution < -0.4 is 4.74 Å². The van der Waals surface area contributed by atoms with E-state index in [0.717, 1.165) is 29.3 Å². The summed E-state index contributed by atoms with van der Waals surface area (Å²) < 4.78 is 5.42. The largest absolute Gasteiger partial charge is 0.494 e. The molecule has 1 aliphatic heterocycles. The molecule has 5 nitrogen and oxygen atoms in total. The van der Waals surface area contributed by atoms with E-state index in [1.807, 2.05) is 53.6 Å². The summed E-state index contributed by atoms with van der Waals surface area (Å²) in [6, 6.07) is 11.5. The minimum atomic E-state index is 0.137. The summed E-state index contributed by atoms with van der Waals surface area (Å²) in [7, 11) is 0. The van der Waals surface area contributed by atoms with Crippen LogP contribution in [-0.4, -0.2) is 60.8 Å².